The second kappa shape index (κ2) is 7.45. The maximum Gasteiger partial charge on any atom is 0.188 e. The normalized spacial score (nSPS) is 12.6. The molecular formula is C21H23FN4O5S. The number of aromatic nitrogens is 4. The van der Waals surface area contributed by atoms with Gasteiger partial charge in [-0.15, -0.1) is 0 Å². The van der Waals surface area contributed by atoms with E-state index in [1.165, 1.54) is 38.7 Å². The van der Waals surface area contributed by atoms with Gasteiger partial charge < -0.3 is 19.6 Å². The summed E-state index contributed by atoms with van der Waals surface area (Å²) in [5, 5.41) is 9.50. The molecule has 0 aliphatic carbocycles. The van der Waals surface area contributed by atoms with E-state index in [9.17, 15) is 17.9 Å². The number of rotatable bonds is 5. The number of fused-ring (bicyclic) bond motifs is 2. The highest BCUT2D eigenvalue weighted by Gasteiger charge is 2.34. The third-order valence-corrected chi connectivity index (χ3v) is 7.74. The van der Waals surface area contributed by atoms with Crippen molar-refractivity contribution in [2.24, 2.45) is 0 Å². The lowest BCUT2D eigenvalue weighted by Gasteiger charge is -2.21. The summed E-state index contributed by atoms with van der Waals surface area (Å²) in [6.07, 6.45) is 2.92. The molecule has 0 bridgehead atoms. The topological polar surface area (TPSA) is 119 Å². The van der Waals surface area contributed by atoms with Gasteiger partial charge in [0.1, 0.15) is 39.8 Å². The van der Waals surface area contributed by atoms with E-state index >= 15 is 0 Å². The molecule has 0 unspecified atom stereocenters. The molecule has 0 amide bonds. The van der Waals surface area contributed by atoms with Gasteiger partial charge >= 0.3 is 0 Å². The molecule has 32 heavy (non-hydrogen) atoms. The molecule has 3 heterocycles. The fourth-order valence-corrected chi connectivity index (χ4v) is 4.82. The zero-order chi connectivity index (χ0) is 23.4. The molecule has 0 radical (unpaired) electrons. The molecule has 170 valence electrons. The molecule has 0 atom stereocenters. The summed E-state index contributed by atoms with van der Waals surface area (Å²) < 4.78 is 52.2. The van der Waals surface area contributed by atoms with Gasteiger partial charge in [-0.1, -0.05) is 0 Å². The van der Waals surface area contributed by atoms with Crippen molar-refractivity contribution in [2.45, 2.75) is 37.0 Å². The van der Waals surface area contributed by atoms with E-state index in [1.807, 2.05) is 0 Å². The van der Waals surface area contributed by atoms with Crippen molar-refractivity contribution in [2.75, 3.05) is 14.2 Å². The summed E-state index contributed by atoms with van der Waals surface area (Å²) in [6, 6.07) is 2.76. The number of imidazole rings is 2. The monoisotopic (exact) mass is 462 g/mol. The van der Waals surface area contributed by atoms with Gasteiger partial charge in [-0.25, -0.2) is 22.8 Å². The number of aliphatic hydroxyl groups is 1. The minimum absolute atomic E-state index is 0.0115. The number of H-pyrrole nitrogens is 1. The van der Waals surface area contributed by atoms with Crippen LogP contribution in [0.5, 0.6) is 11.5 Å². The van der Waals surface area contributed by atoms with Crippen molar-refractivity contribution >= 4 is 26.5 Å². The van der Waals surface area contributed by atoms with Gasteiger partial charge in [0.2, 0.25) is 0 Å². The van der Waals surface area contributed by atoms with Crippen LogP contribution in [0.2, 0.25) is 0 Å². The van der Waals surface area contributed by atoms with E-state index in [4.69, 9.17) is 9.47 Å². The number of hydrogen-bond donors (Lipinski definition) is 2. The van der Waals surface area contributed by atoms with Crippen LogP contribution in [0, 0.1) is 5.82 Å². The summed E-state index contributed by atoms with van der Waals surface area (Å²) in [5.74, 6) is -0.286. The smallest absolute Gasteiger partial charge is 0.188 e. The number of aromatic amines is 1. The van der Waals surface area contributed by atoms with E-state index in [2.05, 4.69) is 15.0 Å². The van der Waals surface area contributed by atoms with Crippen LogP contribution in [-0.2, 0) is 16.4 Å². The van der Waals surface area contributed by atoms with E-state index < -0.39 is 20.4 Å². The van der Waals surface area contributed by atoms with Crippen LogP contribution >= 0.6 is 0 Å². The maximum absolute atomic E-state index is 14.8. The van der Waals surface area contributed by atoms with Crippen molar-refractivity contribution < 1.29 is 27.4 Å². The highest BCUT2D eigenvalue weighted by Crippen LogP contribution is 2.38. The Labute approximate surface area is 183 Å². The first-order valence-electron chi connectivity index (χ1n) is 9.69. The number of ether oxygens (including phenoxy) is 2. The Balaban J connectivity index is 2.07. The lowest BCUT2D eigenvalue weighted by Crippen LogP contribution is -2.28. The zero-order valence-electron chi connectivity index (χ0n) is 18.2. The summed E-state index contributed by atoms with van der Waals surface area (Å²) >= 11 is 0. The number of methoxy groups -OCH3 is 2. The van der Waals surface area contributed by atoms with Gasteiger partial charge in [-0.05, 0) is 26.8 Å². The highest BCUT2D eigenvalue weighted by molar-refractivity contribution is 7.92. The van der Waals surface area contributed by atoms with Gasteiger partial charge in [-0.3, -0.25) is 4.40 Å². The molecule has 0 aliphatic heterocycles. The van der Waals surface area contributed by atoms with Crippen LogP contribution in [0.4, 0.5) is 4.39 Å². The standard InChI is InChI=1S/C21H23FN4O5S/c1-21(2,3)32(28,29)15-9-26-13(8-23-17(26)7-14(15)30-4)11-6-12(22)20(31-5)19-18(11)24-16(10-27)25-19/h6-9,27H,10H2,1-5H3,(H,24,25). The van der Waals surface area contributed by atoms with Crippen LogP contribution < -0.4 is 9.47 Å². The third-order valence-electron chi connectivity index (χ3n) is 5.24. The first kappa shape index (κ1) is 22.0. The zero-order valence-corrected chi connectivity index (χ0v) is 19.0. The van der Waals surface area contributed by atoms with Gasteiger partial charge in [0, 0.05) is 17.8 Å². The number of nitrogens with one attached hydrogen (secondary N) is 1. The molecule has 1 aromatic carbocycles. The molecule has 4 rings (SSSR count). The van der Waals surface area contributed by atoms with E-state index in [0.29, 0.717) is 22.4 Å². The molecule has 0 saturated heterocycles. The van der Waals surface area contributed by atoms with Crippen molar-refractivity contribution in [3.8, 4) is 22.8 Å². The number of pyridine rings is 1. The van der Waals surface area contributed by atoms with Crippen molar-refractivity contribution in [1.29, 1.82) is 0 Å². The summed E-state index contributed by atoms with van der Waals surface area (Å²) in [5.41, 5.74) is 1.80. The van der Waals surface area contributed by atoms with Crippen LogP contribution in [0.15, 0.2) is 29.4 Å². The molecule has 0 fully saturated rings. The minimum atomic E-state index is -3.77. The van der Waals surface area contributed by atoms with Crippen LogP contribution in [0.25, 0.3) is 27.9 Å². The molecular weight excluding hydrogens is 439 g/mol. The lowest BCUT2D eigenvalue weighted by atomic mass is 10.1. The van der Waals surface area contributed by atoms with E-state index in [1.54, 1.807) is 25.2 Å². The Kier molecular flexibility index (Phi) is 5.13. The predicted molar refractivity (Wildman–Crippen MR) is 116 cm³/mol. The molecule has 2 N–H and O–H groups in total. The molecule has 4 aromatic rings. The largest absolute Gasteiger partial charge is 0.495 e. The Bertz CT molecular complexity index is 1450. The van der Waals surface area contributed by atoms with Crippen LogP contribution in [-0.4, -0.2) is 51.8 Å². The Hall–Kier alpha value is -3.18. The number of halogens is 1. The first-order chi connectivity index (χ1) is 15.0. The second-order valence-corrected chi connectivity index (χ2v) is 10.9. The number of hydrogen-bond acceptors (Lipinski definition) is 7. The second-order valence-electron chi connectivity index (χ2n) is 8.20. The fourth-order valence-electron chi connectivity index (χ4n) is 3.51. The summed E-state index contributed by atoms with van der Waals surface area (Å²) in [7, 11) is -1.05. The van der Waals surface area contributed by atoms with E-state index in [0.717, 1.165) is 0 Å². The minimum Gasteiger partial charge on any atom is -0.495 e. The number of nitrogens with zero attached hydrogens (tertiary/aromatic N) is 3. The molecule has 3 aromatic heterocycles. The molecule has 9 nitrogen and oxygen atoms in total. The lowest BCUT2D eigenvalue weighted by molar-refractivity contribution is 0.273. The Morgan fingerprint density at radius 3 is 2.53 bits per heavy atom. The average Bonchev–Trinajstić information content (AvgIpc) is 3.35. The van der Waals surface area contributed by atoms with Crippen molar-refractivity contribution in [3.05, 3.63) is 36.2 Å². The van der Waals surface area contributed by atoms with E-state index in [-0.39, 0.29) is 34.3 Å². The average molecular weight is 463 g/mol. The SMILES string of the molecule is COc1cc2ncc(-c3cc(F)c(OC)c4[nH]c(CO)nc34)n2cc1S(=O)(=O)C(C)(C)C. The fraction of sp³-hybridized carbons (Fsp3) is 0.333. The quantitative estimate of drug-likeness (QED) is 0.468. The summed E-state index contributed by atoms with van der Waals surface area (Å²) in [4.78, 5) is 11.5. The first-order valence-corrected chi connectivity index (χ1v) is 11.2. The van der Waals surface area contributed by atoms with Gasteiger partial charge in [0.25, 0.3) is 0 Å². The number of sulfone groups is 1. The van der Waals surface area contributed by atoms with Crippen molar-refractivity contribution in [3.63, 3.8) is 0 Å². The maximum atomic E-state index is 14.8. The van der Waals surface area contributed by atoms with Crippen LogP contribution in [0.3, 0.4) is 0 Å². The Morgan fingerprint density at radius 2 is 1.94 bits per heavy atom. The van der Waals surface area contributed by atoms with Crippen molar-refractivity contribution in [1.82, 2.24) is 19.4 Å². The van der Waals surface area contributed by atoms with Crippen LogP contribution in [0.1, 0.15) is 26.6 Å². The molecule has 0 spiro atoms. The predicted octanol–water partition coefficient (Wildman–Crippen LogP) is 3.10. The Morgan fingerprint density at radius 1 is 1.22 bits per heavy atom. The number of benzene rings is 1. The van der Waals surface area contributed by atoms with Gasteiger partial charge in [0.05, 0.1) is 30.9 Å². The summed E-state index contributed by atoms with van der Waals surface area (Å²) in [6.45, 7) is 4.42. The van der Waals surface area contributed by atoms with Gasteiger partial charge in [-0.2, -0.15) is 0 Å². The molecule has 0 aliphatic rings. The molecule has 11 heteroatoms. The molecule has 0 saturated carbocycles. The number of aliphatic hydroxyl groups excluding tert-OH is 1. The van der Waals surface area contributed by atoms with Gasteiger partial charge in [0.15, 0.2) is 21.4 Å². The highest BCUT2D eigenvalue weighted by atomic mass is 32.2. The third kappa shape index (κ3) is 3.19.